The zero-order chi connectivity index (χ0) is 58.3. The van der Waals surface area contributed by atoms with Gasteiger partial charge in [-0.05, 0) is 64.2 Å². The van der Waals surface area contributed by atoms with Crippen molar-refractivity contribution in [3.63, 3.8) is 0 Å². The Morgan fingerprint density at radius 1 is 0.463 bits per heavy atom. The van der Waals surface area contributed by atoms with Gasteiger partial charge in [0.2, 0.25) is 5.91 Å². The maximum atomic E-state index is 13.3. The summed E-state index contributed by atoms with van der Waals surface area (Å²) < 4.78 is 34.1. The summed E-state index contributed by atoms with van der Waals surface area (Å²) in [6, 6.07) is -0.975. The number of rotatable bonds is 43. The van der Waals surface area contributed by atoms with Gasteiger partial charge in [-0.1, -0.05) is 177 Å². The number of aliphatic hydroxyl groups is 11. The first-order chi connectivity index (χ1) is 38.8. The molecule has 17 unspecified atom stereocenters. The van der Waals surface area contributed by atoms with Crippen molar-refractivity contribution in [2.24, 2.45) is 0 Å². The van der Waals surface area contributed by atoms with Crippen molar-refractivity contribution in [1.82, 2.24) is 5.32 Å². The van der Waals surface area contributed by atoms with Crippen molar-refractivity contribution < 1.29 is 89.4 Å². The summed E-state index contributed by atoms with van der Waals surface area (Å²) in [5, 5.41) is 120. The molecule has 12 N–H and O–H groups in total. The number of hydrogen-bond acceptors (Lipinski definition) is 18. The van der Waals surface area contributed by atoms with E-state index < -0.39 is 124 Å². The molecule has 3 fully saturated rings. The Kier molecular flexibility index (Phi) is 39.2. The van der Waals surface area contributed by atoms with Crippen LogP contribution in [0, 0.1) is 0 Å². The highest BCUT2D eigenvalue weighted by molar-refractivity contribution is 5.76. The summed E-state index contributed by atoms with van der Waals surface area (Å²) in [5.74, 6) is -0.287. The second-order valence-corrected chi connectivity index (χ2v) is 21.4. The van der Waals surface area contributed by atoms with Crippen LogP contribution in [0.15, 0.2) is 72.9 Å². The van der Waals surface area contributed by atoms with E-state index in [0.717, 1.165) is 96.3 Å². The smallest absolute Gasteiger partial charge is 0.220 e. The summed E-state index contributed by atoms with van der Waals surface area (Å²) in [5.41, 5.74) is 0. The summed E-state index contributed by atoms with van der Waals surface area (Å²) in [6.07, 6.45) is 24.9. The second-order valence-electron chi connectivity index (χ2n) is 21.4. The Morgan fingerprint density at radius 2 is 0.863 bits per heavy atom. The van der Waals surface area contributed by atoms with E-state index in [1.54, 1.807) is 6.08 Å². The Morgan fingerprint density at radius 3 is 1.35 bits per heavy atom. The predicted molar refractivity (Wildman–Crippen MR) is 305 cm³/mol. The quantitative estimate of drug-likeness (QED) is 0.0268. The van der Waals surface area contributed by atoms with E-state index in [1.165, 1.54) is 51.4 Å². The molecule has 0 aromatic rings. The normalized spacial score (nSPS) is 30.5. The third-order valence-corrected chi connectivity index (χ3v) is 14.8. The Labute approximate surface area is 477 Å². The van der Waals surface area contributed by atoms with E-state index in [9.17, 15) is 61.0 Å². The van der Waals surface area contributed by atoms with Gasteiger partial charge >= 0.3 is 0 Å². The van der Waals surface area contributed by atoms with Crippen molar-refractivity contribution in [2.75, 3.05) is 26.4 Å². The maximum Gasteiger partial charge on any atom is 0.220 e. The molecular formula is C61H105NO18. The number of unbranched alkanes of at least 4 members (excludes halogenated alkanes) is 17. The SMILES string of the molecule is CC/C=C\C/C=C\C/C=C\C/C=C\C/C=C\CCCCCCCCCCCCCC(=O)NC(COC1OC(CO)C(OC2OC(CO)C(OC3OC(CO)C(O)C(O)C3O)C(O)C2O)C(O)C1O)C(O)/C=C/CCCCCCCC. The summed E-state index contributed by atoms with van der Waals surface area (Å²) in [4.78, 5) is 13.3. The zero-order valence-electron chi connectivity index (χ0n) is 48.0. The highest BCUT2D eigenvalue weighted by Gasteiger charge is 2.53. The van der Waals surface area contributed by atoms with Crippen LogP contribution in [0.5, 0.6) is 0 Å². The van der Waals surface area contributed by atoms with E-state index in [2.05, 4.69) is 79.9 Å². The van der Waals surface area contributed by atoms with Crippen LogP contribution in [0.25, 0.3) is 0 Å². The van der Waals surface area contributed by atoms with Crippen molar-refractivity contribution in [3.8, 4) is 0 Å². The maximum absolute atomic E-state index is 13.3. The van der Waals surface area contributed by atoms with Gasteiger partial charge in [-0.15, -0.1) is 0 Å². The Balaban J connectivity index is 1.40. The number of allylic oxidation sites excluding steroid dienone is 11. The molecule has 19 heteroatoms. The number of amides is 1. The molecule has 0 bridgehead atoms. The second kappa shape index (κ2) is 43.8. The standard InChI is InChI=1S/C61H105NO18/c1-3-5-7-9-11-13-14-15-16-17-18-19-20-21-22-23-24-25-26-27-28-29-30-31-33-35-37-39-49(67)62-44(45(66)38-36-34-32-12-10-8-6-4-2)43-75-59-55(73)52(70)57(47(41-64)77-59)80-61-56(74)53(71)58(48(42-65)78-61)79-60-54(72)51(69)50(68)46(40-63)76-60/h5,7,11,13,15-16,18-19,21-22,36,38,44-48,50-61,63-66,68-74H,3-4,6,8-10,12,14,17,20,23-35,37,39-43H2,1-2H3,(H,62,67)/b7-5-,13-11-,16-15-,19-18-,22-21-,38-36+. The van der Waals surface area contributed by atoms with Crippen LogP contribution < -0.4 is 5.32 Å². The van der Waals surface area contributed by atoms with Crippen LogP contribution in [0.3, 0.4) is 0 Å². The van der Waals surface area contributed by atoms with E-state index >= 15 is 0 Å². The van der Waals surface area contributed by atoms with Gasteiger partial charge in [0.05, 0.1) is 38.6 Å². The molecule has 3 heterocycles. The fourth-order valence-corrected chi connectivity index (χ4v) is 9.80. The molecule has 17 atom stereocenters. The molecule has 462 valence electrons. The van der Waals surface area contributed by atoms with Gasteiger partial charge in [-0.2, -0.15) is 0 Å². The first-order valence-electron chi connectivity index (χ1n) is 30.2. The van der Waals surface area contributed by atoms with E-state index in [0.29, 0.717) is 6.42 Å². The number of hydrogen-bond donors (Lipinski definition) is 12. The van der Waals surface area contributed by atoms with Crippen LogP contribution in [-0.2, 0) is 33.2 Å². The number of carbonyl (C=O) groups excluding carboxylic acids is 1. The molecule has 0 saturated carbocycles. The number of nitrogens with one attached hydrogen (secondary N) is 1. The first kappa shape index (κ1) is 71.5. The minimum absolute atomic E-state index is 0.235. The molecule has 19 nitrogen and oxygen atoms in total. The first-order valence-corrected chi connectivity index (χ1v) is 30.2. The fraction of sp³-hybridized carbons (Fsp3) is 0.787. The highest BCUT2D eigenvalue weighted by atomic mass is 16.8. The van der Waals surface area contributed by atoms with Gasteiger partial charge < -0.3 is 89.9 Å². The third-order valence-electron chi connectivity index (χ3n) is 14.8. The molecule has 1 amide bonds. The molecule has 0 aliphatic carbocycles. The van der Waals surface area contributed by atoms with Gasteiger partial charge in [0, 0.05) is 6.42 Å². The fourth-order valence-electron chi connectivity index (χ4n) is 9.80. The van der Waals surface area contributed by atoms with Crippen molar-refractivity contribution in [3.05, 3.63) is 72.9 Å². The average Bonchev–Trinajstić information content (AvgIpc) is 3.55. The number of carbonyl (C=O) groups is 1. The zero-order valence-corrected chi connectivity index (χ0v) is 48.0. The predicted octanol–water partition coefficient (Wildman–Crippen LogP) is 5.43. The molecule has 3 aliphatic rings. The highest BCUT2D eigenvalue weighted by Crippen LogP contribution is 2.33. The Bertz CT molecular complexity index is 1740. The van der Waals surface area contributed by atoms with Gasteiger partial charge in [-0.3, -0.25) is 4.79 Å². The van der Waals surface area contributed by atoms with Crippen molar-refractivity contribution >= 4 is 5.91 Å². The van der Waals surface area contributed by atoms with Crippen LogP contribution >= 0.6 is 0 Å². The lowest BCUT2D eigenvalue weighted by atomic mass is 9.96. The lowest BCUT2D eigenvalue weighted by Gasteiger charge is -2.48. The largest absolute Gasteiger partial charge is 0.394 e. The Hall–Kier alpha value is -2.77. The van der Waals surface area contributed by atoms with Crippen LogP contribution in [0.1, 0.15) is 174 Å². The molecule has 0 aromatic heterocycles. The molecule has 0 spiro atoms. The van der Waals surface area contributed by atoms with Gasteiger partial charge in [0.1, 0.15) is 73.2 Å². The molecule has 80 heavy (non-hydrogen) atoms. The minimum atomic E-state index is -1.98. The number of ether oxygens (including phenoxy) is 6. The molecule has 3 rings (SSSR count). The molecule has 3 saturated heterocycles. The average molecular weight is 1140 g/mol. The summed E-state index contributed by atoms with van der Waals surface area (Å²) in [6.45, 7) is 1.53. The van der Waals surface area contributed by atoms with Gasteiger partial charge in [-0.25, -0.2) is 0 Å². The molecule has 3 aliphatic heterocycles. The van der Waals surface area contributed by atoms with Gasteiger partial charge in [0.15, 0.2) is 18.9 Å². The summed E-state index contributed by atoms with van der Waals surface area (Å²) >= 11 is 0. The van der Waals surface area contributed by atoms with Crippen LogP contribution in [0.2, 0.25) is 0 Å². The van der Waals surface area contributed by atoms with Crippen LogP contribution in [0.4, 0.5) is 0 Å². The lowest BCUT2D eigenvalue weighted by molar-refractivity contribution is -0.379. The lowest BCUT2D eigenvalue weighted by Crippen LogP contribution is -2.66. The van der Waals surface area contributed by atoms with E-state index in [1.807, 2.05) is 6.08 Å². The molecular weight excluding hydrogens is 1030 g/mol. The molecule has 0 aromatic carbocycles. The minimum Gasteiger partial charge on any atom is -0.394 e. The molecule has 0 radical (unpaired) electrons. The number of aliphatic hydroxyl groups excluding tert-OH is 11. The van der Waals surface area contributed by atoms with Gasteiger partial charge in [0.25, 0.3) is 0 Å². The topological polar surface area (TPSA) is 307 Å². The van der Waals surface area contributed by atoms with Crippen LogP contribution in [-0.4, -0.2) is 193 Å². The monoisotopic (exact) mass is 1140 g/mol. The third kappa shape index (κ3) is 27.3. The van der Waals surface area contributed by atoms with Crippen molar-refractivity contribution in [2.45, 2.75) is 279 Å². The van der Waals surface area contributed by atoms with E-state index in [4.69, 9.17) is 28.4 Å². The van der Waals surface area contributed by atoms with E-state index in [-0.39, 0.29) is 18.9 Å². The van der Waals surface area contributed by atoms with Crippen molar-refractivity contribution in [1.29, 1.82) is 0 Å². The summed E-state index contributed by atoms with van der Waals surface area (Å²) in [7, 11) is 0.